The van der Waals surface area contributed by atoms with E-state index in [0.29, 0.717) is 12.3 Å². The fraction of sp³-hybridized carbons (Fsp3) is 0.742. The van der Waals surface area contributed by atoms with Crippen molar-refractivity contribution < 1.29 is 38.4 Å². The fourth-order valence-electron chi connectivity index (χ4n) is 5.36. The molecule has 2 aliphatic rings. The van der Waals surface area contributed by atoms with Crippen LogP contribution in [0.3, 0.4) is 0 Å². The molecule has 1 aromatic rings. The van der Waals surface area contributed by atoms with Crippen LogP contribution in [0.15, 0.2) is 24.3 Å². The van der Waals surface area contributed by atoms with Gasteiger partial charge in [-0.25, -0.2) is 4.79 Å². The van der Waals surface area contributed by atoms with Crippen molar-refractivity contribution in [3.05, 3.63) is 29.8 Å². The molecule has 2 saturated heterocycles. The van der Waals surface area contributed by atoms with E-state index in [1.54, 1.807) is 38.1 Å². The van der Waals surface area contributed by atoms with Crippen LogP contribution in [0.4, 0.5) is 10.5 Å². The van der Waals surface area contributed by atoms with E-state index in [1.165, 1.54) is 58.5 Å². The van der Waals surface area contributed by atoms with E-state index in [-0.39, 0.29) is 25.5 Å². The van der Waals surface area contributed by atoms with Crippen molar-refractivity contribution in [2.24, 2.45) is 0 Å². The van der Waals surface area contributed by atoms with Crippen molar-refractivity contribution in [2.75, 3.05) is 32.2 Å². The number of methoxy groups -OCH3 is 1. The maximum atomic E-state index is 12.5. The van der Waals surface area contributed by atoms with Gasteiger partial charge in [-0.3, -0.25) is 4.79 Å². The number of nitrogens with one attached hydrogen (secondary N) is 2. The number of carbonyl (C=O) groups is 2. The van der Waals surface area contributed by atoms with Gasteiger partial charge in [-0.05, 0) is 38.0 Å². The number of amides is 2. The Morgan fingerprint density at radius 2 is 1.59 bits per heavy atom. The maximum absolute atomic E-state index is 12.5. The highest BCUT2D eigenvalue weighted by Crippen LogP contribution is 2.45. The van der Waals surface area contributed by atoms with Crippen LogP contribution in [0.2, 0.25) is 0 Å². The molecule has 41 heavy (non-hydrogen) atoms. The summed E-state index contributed by atoms with van der Waals surface area (Å²) < 4.78 is 28.9. The molecule has 0 radical (unpaired) electrons. The minimum atomic E-state index is -1.24. The number of aliphatic hydroxyl groups excluding tert-OH is 1. The third-order valence-corrected chi connectivity index (χ3v) is 7.50. The quantitative estimate of drug-likeness (QED) is 0.163. The number of rotatable bonds is 18. The van der Waals surface area contributed by atoms with Crippen LogP contribution in [0.1, 0.15) is 90.5 Å². The molecule has 1 aromatic carbocycles. The number of unbranched alkanes of at least 4 members (excludes halogenated alkanes) is 9. The molecule has 10 nitrogen and oxygen atoms in total. The Labute approximate surface area is 244 Å². The van der Waals surface area contributed by atoms with Crippen molar-refractivity contribution in [3.8, 4) is 0 Å². The third kappa shape index (κ3) is 10.5. The summed E-state index contributed by atoms with van der Waals surface area (Å²) in [6, 6.07) is 6.44. The molecule has 2 fully saturated rings. The normalized spacial score (nSPS) is 24.7. The van der Waals surface area contributed by atoms with Gasteiger partial charge >= 0.3 is 12.0 Å². The monoisotopic (exact) mass is 578 g/mol. The first kappa shape index (κ1) is 33.3. The molecule has 3 N–H and O–H groups in total. The molecule has 4 atom stereocenters. The van der Waals surface area contributed by atoms with Crippen LogP contribution in [0, 0.1) is 0 Å². The van der Waals surface area contributed by atoms with Crippen LogP contribution >= 0.6 is 0 Å². The molecule has 3 rings (SSSR count). The number of urea groups is 1. The molecule has 0 aromatic heterocycles. The number of esters is 1. The number of aliphatic hydroxyl groups is 1. The Hall–Kier alpha value is -2.24. The molecule has 0 saturated carbocycles. The number of hydrogen-bond donors (Lipinski definition) is 3. The first-order valence-electron chi connectivity index (χ1n) is 15.2. The Morgan fingerprint density at radius 3 is 2.22 bits per heavy atom. The van der Waals surface area contributed by atoms with Gasteiger partial charge in [0, 0.05) is 18.8 Å². The largest absolute Gasteiger partial charge is 0.469 e. The first-order valence-corrected chi connectivity index (χ1v) is 15.2. The lowest BCUT2D eigenvalue weighted by Crippen LogP contribution is -2.45. The Bertz CT molecular complexity index is 941. The summed E-state index contributed by atoms with van der Waals surface area (Å²) in [7, 11) is 1.34. The number of carbonyl (C=O) groups excluding carboxylic acids is 2. The van der Waals surface area contributed by atoms with Crippen molar-refractivity contribution >= 4 is 17.7 Å². The Kier molecular flexibility index (Phi) is 13.3. The number of anilines is 1. The summed E-state index contributed by atoms with van der Waals surface area (Å²) >= 11 is 0. The molecule has 0 spiro atoms. The predicted octanol–water partition coefficient (Wildman–Crippen LogP) is 5.07. The molecule has 10 heteroatoms. The van der Waals surface area contributed by atoms with Crippen LogP contribution < -0.4 is 10.6 Å². The van der Waals surface area contributed by atoms with E-state index in [9.17, 15) is 14.7 Å². The van der Waals surface area contributed by atoms with Gasteiger partial charge in [0.1, 0.15) is 24.9 Å². The van der Waals surface area contributed by atoms with Crippen LogP contribution in [0.25, 0.3) is 0 Å². The molecule has 0 bridgehead atoms. The van der Waals surface area contributed by atoms with Gasteiger partial charge in [0.05, 0.1) is 13.5 Å². The molecule has 0 aliphatic carbocycles. The Morgan fingerprint density at radius 1 is 0.951 bits per heavy atom. The summed E-state index contributed by atoms with van der Waals surface area (Å²) in [5.41, 5.74) is 1.34. The van der Waals surface area contributed by atoms with Gasteiger partial charge < -0.3 is 39.4 Å². The smallest absolute Gasteiger partial charge is 0.319 e. The van der Waals surface area contributed by atoms with E-state index in [1.807, 2.05) is 0 Å². The van der Waals surface area contributed by atoms with E-state index in [2.05, 4.69) is 22.3 Å². The van der Waals surface area contributed by atoms with Crippen molar-refractivity contribution in [1.29, 1.82) is 0 Å². The number of fused-ring (bicyclic) bond motifs is 1. The highest BCUT2D eigenvalue weighted by atomic mass is 16.9. The molecule has 0 unspecified atom stereocenters. The van der Waals surface area contributed by atoms with E-state index >= 15 is 0 Å². The highest BCUT2D eigenvalue weighted by Gasteiger charge is 2.64. The molecular weight excluding hydrogens is 528 g/mol. The van der Waals surface area contributed by atoms with Crippen LogP contribution in [-0.4, -0.2) is 73.9 Å². The zero-order valence-corrected chi connectivity index (χ0v) is 25.2. The fourth-order valence-corrected chi connectivity index (χ4v) is 5.36. The van der Waals surface area contributed by atoms with Gasteiger partial charge in [-0.15, -0.1) is 0 Å². The minimum Gasteiger partial charge on any atom is -0.469 e. The van der Waals surface area contributed by atoms with Gasteiger partial charge in [-0.2, -0.15) is 0 Å². The molecular formula is C31H50N2O8. The van der Waals surface area contributed by atoms with Crippen molar-refractivity contribution in [3.63, 3.8) is 0 Å². The lowest BCUT2D eigenvalue weighted by molar-refractivity contribution is -0.277. The topological polar surface area (TPSA) is 125 Å². The van der Waals surface area contributed by atoms with Crippen molar-refractivity contribution in [1.82, 2.24) is 5.32 Å². The summed E-state index contributed by atoms with van der Waals surface area (Å²) in [6.45, 7) is 6.57. The molecule has 2 heterocycles. The van der Waals surface area contributed by atoms with Crippen LogP contribution in [0.5, 0.6) is 0 Å². The van der Waals surface area contributed by atoms with Crippen molar-refractivity contribution in [2.45, 2.75) is 121 Å². The molecule has 232 valence electrons. The highest BCUT2D eigenvalue weighted by molar-refractivity contribution is 5.89. The number of hydrogen-bond acceptors (Lipinski definition) is 8. The third-order valence-electron chi connectivity index (χ3n) is 7.50. The van der Waals surface area contributed by atoms with Gasteiger partial charge in [0.25, 0.3) is 0 Å². The Balaban J connectivity index is 1.38. The second kappa shape index (κ2) is 16.4. The average molecular weight is 579 g/mol. The minimum absolute atomic E-state index is 0.0528. The van der Waals surface area contributed by atoms with E-state index < -0.39 is 35.9 Å². The zero-order valence-electron chi connectivity index (χ0n) is 25.2. The zero-order chi connectivity index (χ0) is 29.7. The van der Waals surface area contributed by atoms with Gasteiger partial charge in [0.15, 0.2) is 5.79 Å². The maximum Gasteiger partial charge on any atom is 0.319 e. The summed E-state index contributed by atoms with van der Waals surface area (Å²) in [5.74, 6) is -2.50. The molecule has 2 amide bonds. The summed E-state index contributed by atoms with van der Waals surface area (Å²) in [4.78, 5) is 23.9. The summed E-state index contributed by atoms with van der Waals surface area (Å²) in [6.07, 6.45) is 10.2. The number of benzene rings is 1. The lowest BCUT2D eigenvalue weighted by atomic mass is 10.1. The molecule has 2 aliphatic heterocycles. The SMILES string of the molecule is CCCCCCCCCCCCOC[C@@]12O[C@@H](CNC(=O)Nc3ccc(CC(=O)OC)cc3)[C@@H](O)[C@@H]1OC(C)(C)O2. The van der Waals surface area contributed by atoms with Gasteiger partial charge in [0.2, 0.25) is 5.79 Å². The lowest BCUT2D eigenvalue weighted by Gasteiger charge is -2.28. The second-order valence-electron chi connectivity index (χ2n) is 11.5. The van der Waals surface area contributed by atoms with Crippen LogP contribution in [-0.2, 0) is 34.9 Å². The van der Waals surface area contributed by atoms with E-state index in [0.717, 1.165) is 18.4 Å². The van der Waals surface area contributed by atoms with E-state index in [4.69, 9.17) is 18.9 Å². The second-order valence-corrected chi connectivity index (χ2v) is 11.5. The van der Waals surface area contributed by atoms with Gasteiger partial charge in [-0.1, -0.05) is 76.8 Å². The standard InChI is InChI=1S/C31H50N2O8/c1-5-6-7-8-9-10-11-12-13-14-19-38-22-31-28(40-30(2,3)41-31)27(35)25(39-31)21-32-29(36)33-24-17-15-23(16-18-24)20-26(34)37-4/h15-18,25,27-28,35H,5-14,19-22H2,1-4H3,(H2,32,33,36)/t25-,27+,28-,31-/m0/s1. The first-order chi connectivity index (χ1) is 19.7. The number of ether oxygens (including phenoxy) is 5. The average Bonchev–Trinajstić information content (AvgIpc) is 3.35. The predicted molar refractivity (Wildman–Crippen MR) is 155 cm³/mol. The summed E-state index contributed by atoms with van der Waals surface area (Å²) in [5, 5.41) is 16.5.